The van der Waals surface area contributed by atoms with Crippen molar-refractivity contribution in [1.29, 1.82) is 0 Å². The molecule has 0 aliphatic carbocycles. The van der Waals surface area contributed by atoms with Crippen LogP contribution in [0.5, 0.6) is 0 Å². The van der Waals surface area contributed by atoms with Crippen LogP contribution < -0.4 is 0 Å². The van der Waals surface area contributed by atoms with Crippen LogP contribution in [0, 0.1) is 41.4 Å². The monoisotopic (exact) mass is 511 g/mol. The van der Waals surface area contributed by atoms with Crippen molar-refractivity contribution in [3.05, 3.63) is 0 Å². The average Bonchev–Trinajstić information content (AvgIpc) is 2.75. The van der Waals surface area contributed by atoms with Crippen molar-refractivity contribution >= 4 is 0 Å². The Morgan fingerprint density at radius 3 is 1.47 bits per heavy atom. The molecule has 2 nitrogen and oxygen atoms in total. The van der Waals surface area contributed by atoms with Crippen LogP contribution in [0.2, 0.25) is 0 Å². The van der Waals surface area contributed by atoms with Gasteiger partial charge < -0.3 is 9.80 Å². The summed E-state index contributed by atoms with van der Waals surface area (Å²) in [7, 11) is 4.47. The fourth-order valence-corrected chi connectivity index (χ4v) is 5.65. The molecular weight excluding hydrogens is 436 g/mol. The zero-order chi connectivity index (χ0) is 28.1. The molecule has 0 saturated carbocycles. The molecule has 36 heavy (non-hydrogen) atoms. The maximum atomic E-state index is 2.47. The highest BCUT2D eigenvalue weighted by molar-refractivity contribution is 4.72. The lowest BCUT2D eigenvalue weighted by atomic mass is 9.89. The van der Waals surface area contributed by atoms with E-state index in [1.807, 2.05) is 0 Å². The predicted molar refractivity (Wildman–Crippen MR) is 168 cm³/mol. The molecule has 2 aliphatic rings. The van der Waals surface area contributed by atoms with Gasteiger partial charge in [-0.2, -0.15) is 0 Å². The molecule has 2 rings (SSSR count). The van der Waals surface area contributed by atoms with Gasteiger partial charge in [0.15, 0.2) is 0 Å². The third kappa shape index (κ3) is 27.0. The van der Waals surface area contributed by atoms with Crippen LogP contribution in [-0.2, 0) is 0 Å². The SMILES string of the molecule is CC(C)CC1CCCN(C)C1.CC(C)CC1CCN(C)CC1.CCC(C)CC(C)C.CCCC(C)C. The average molecular weight is 511 g/mol. The molecule has 2 fully saturated rings. The van der Waals surface area contributed by atoms with E-state index in [1.54, 1.807) is 0 Å². The predicted octanol–water partition coefficient (Wildman–Crippen LogP) is 10.3. The van der Waals surface area contributed by atoms with E-state index >= 15 is 0 Å². The summed E-state index contributed by atoms with van der Waals surface area (Å²) in [4.78, 5) is 4.91. The largest absolute Gasteiger partial charge is 0.306 e. The van der Waals surface area contributed by atoms with Gasteiger partial charge in [-0.25, -0.2) is 0 Å². The summed E-state index contributed by atoms with van der Waals surface area (Å²) in [5.41, 5.74) is 0. The van der Waals surface area contributed by atoms with Crippen LogP contribution in [0.4, 0.5) is 0 Å². The van der Waals surface area contributed by atoms with Crippen LogP contribution in [0.15, 0.2) is 0 Å². The Labute approximate surface area is 231 Å². The van der Waals surface area contributed by atoms with Crippen molar-refractivity contribution in [2.24, 2.45) is 41.4 Å². The van der Waals surface area contributed by atoms with Crippen molar-refractivity contribution in [2.75, 3.05) is 40.3 Å². The van der Waals surface area contributed by atoms with Gasteiger partial charge in [0.1, 0.15) is 0 Å². The van der Waals surface area contributed by atoms with Gasteiger partial charge in [0, 0.05) is 6.54 Å². The van der Waals surface area contributed by atoms with Crippen LogP contribution in [-0.4, -0.2) is 50.1 Å². The molecule has 2 saturated heterocycles. The molecule has 2 heteroatoms. The summed E-state index contributed by atoms with van der Waals surface area (Å²) in [6, 6.07) is 0. The first-order chi connectivity index (χ1) is 16.8. The second kappa shape index (κ2) is 24.0. The molecule has 0 amide bonds. The van der Waals surface area contributed by atoms with Gasteiger partial charge in [0.2, 0.25) is 0 Å². The van der Waals surface area contributed by atoms with Gasteiger partial charge in [-0.1, -0.05) is 95.4 Å². The Bertz CT molecular complexity index is 432. The second-order valence-electron chi connectivity index (χ2n) is 14.1. The Balaban J connectivity index is 0. The molecule has 0 aromatic heterocycles. The lowest BCUT2D eigenvalue weighted by Crippen LogP contribution is -2.32. The van der Waals surface area contributed by atoms with Gasteiger partial charge in [-0.05, 0) is 120 Å². The van der Waals surface area contributed by atoms with E-state index in [2.05, 4.69) is 100 Å². The second-order valence-corrected chi connectivity index (χ2v) is 14.1. The molecule has 0 bridgehead atoms. The van der Waals surface area contributed by atoms with Crippen molar-refractivity contribution in [1.82, 2.24) is 9.80 Å². The summed E-state index contributed by atoms with van der Waals surface area (Å²) < 4.78 is 0. The van der Waals surface area contributed by atoms with Crippen LogP contribution in [0.1, 0.15) is 140 Å². The van der Waals surface area contributed by atoms with Gasteiger partial charge >= 0.3 is 0 Å². The summed E-state index contributed by atoms with van der Waals surface area (Å²) in [6.45, 7) is 30.5. The van der Waals surface area contributed by atoms with Gasteiger partial charge in [0.05, 0.1) is 0 Å². The molecule has 0 spiro atoms. The van der Waals surface area contributed by atoms with E-state index in [4.69, 9.17) is 0 Å². The molecule has 0 aromatic rings. The van der Waals surface area contributed by atoms with Gasteiger partial charge in [-0.3, -0.25) is 0 Å². The maximum Gasteiger partial charge on any atom is 0.000671 e. The maximum absolute atomic E-state index is 2.47. The lowest BCUT2D eigenvalue weighted by molar-refractivity contribution is 0.190. The zero-order valence-corrected chi connectivity index (χ0v) is 27.8. The first-order valence-electron chi connectivity index (χ1n) is 16.2. The van der Waals surface area contributed by atoms with Crippen molar-refractivity contribution in [3.63, 3.8) is 0 Å². The zero-order valence-electron chi connectivity index (χ0n) is 27.8. The highest BCUT2D eigenvalue weighted by atomic mass is 15.1. The normalized spacial score (nSPS) is 20.4. The van der Waals surface area contributed by atoms with Crippen LogP contribution in [0.3, 0.4) is 0 Å². The standard InChI is InChI=1S/2C10H21N.C8H18.C6H14/c1-9(2)8-10-4-6-11(3)7-5-10;1-9(2)7-10-5-4-6-11(3)8-10;1-5-8(4)6-7(2)3;1-4-5-6(2)3/h2*9-10H,4-8H2,1-3H3;7-8H,5-6H2,1-4H3;6H,4-5H2,1-3H3. The molecule has 220 valence electrons. The van der Waals surface area contributed by atoms with E-state index < -0.39 is 0 Å². The first kappa shape index (κ1) is 38.1. The van der Waals surface area contributed by atoms with E-state index in [0.717, 1.165) is 41.4 Å². The van der Waals surface area contributed by atoms with E-state index in [9.17, 15) is 0 Å². The summed E-state index contributed by atoms with van der Waals surface area (Å²) in [6.07, 6.45) is 14.0. The van der Waals surface area contributed by atoms with Gasteiger partial charge in [0.25, 0.3) is 0 Å². The molecular formula is C34H74N2. The van der Waals surface area contributed by atoms with E-state index in [0.29, 0.717) is 0 Å². The van der Waals surface area contributed by atoms with Gasteiger partial charge in [-0.15, -0.1) is 0 Å². The van der Waals surface area contributed by atoms with E-state index in [1.165, 1.54) is 90.4 Å². The molecule has 0 N–H and O–H groups in total. The smallest absolute Gasteiger partial charge is 0.000671 e. The molecule has 0 radical (unpaired) electrons. The van der Waals surface area contributed by atoms with Crippen molar-refractivity contribution < 1.29 is 0 Å². The number of likely N-dealkylation sites (tertiary alicyclic amines) is 2. The Hall–Kier alpha value is -0.0800. The van der Waals surface area contributed by atoms with Crippen molar-refractivity contribution in [3.8, 4) is 0 Å². The van der Waals surface area contributed by atoms with Crippen molar-refractivity contribution in [2.45, 2.75) is 140 Å². The minimum absolute atomic E-state index is 0.880. The summed E-state index contributed by atoms with van der Waals surface area (Å²) in [5.74, 6) is 6.48. The third-order valence-corrected chi connectivity index (χ3v) is 7.61. The fraction of sp³-hybridized carbons (Fsp3) is 1.00. The minimum Gasteiger partial charge on any atom is -0.306 e. The lowest BCUT2D eigenvalue weighted by Gasteiger charge is -2.30. The quantitative estimate of drug-likeness (QED) is 0.304. The highest BCUT2D eigenvalue weighted by Gasteiger charge is 2.18. The van der Waals surface area contributed by atoms with Crippen LogP contribution >= 0.6 is 0 Å². The number of piperidine rings is 2. The Morgan fingerprint density at radius 2 is 1.14 bits per heavy atom. The third-order valence-electron chi connectivity index (χ3n) is 7.61. The number of rotatable bonds is 9. The topological polar surface area (TPSA) is 6.48 Å². The summed E-state index contributed by atoms with van der Waals surface area (Å²) in [5, 5.41) is 0. The molecule has 0 aromatic carbocycles. The number of nitrogens with zero attached hydrogens (tertiary/aromatic N) is 2. The summed E-state index contributed by atoms with van der Waals surface area (Å²) >= 11 is 0. The Morgan fingerprint density at radius 1 is 0.611 bits per heavy atom. The molecule has 2 heterocycles. The fourth-order valence-electron chi connectivity index (χ4n) is 5.65. The number of hydrogen-bond donors (Lipinski definition) is 0. The molecule has 2 atom stereocenters. The van der Waals surface area contributed by atoms with Crippen LogP contribution in [0.25, 0.3) is 0 Å². The molecule has 2 unspecified atom stereocenters. The number of hydrogen-bond acceptors (Lipinski definition) is 2. The molecule has 2 aliphatic heterocycles. The highest BCUT2D eigenvalue weighted by Crippen LogP contribution is 2.23. The minimum atomic E-state index is 0.880. The van der Waals surface area contributed by atoms with E-state index in [-0.39, 0.29) is 0 Å². The first-order valence-corrected chi connectivity index (χ1v) is 16.2. The Kier molecular flexibility index (Phi) is 25.4.